The van der Waals surface area contributed by atoms with Gasteiger partial charge in [-0.2, -0.15) is 0 Å². The number of fused-ring (bicyclic) bond motifs is 2. The summed E-state index contributed by atoms with van der Waals surface area (Å²) in [6.45, 7) is 11.6. The molecular formula is C24H275N3O2S. The number of amidine groups is 1. The van der Waals surface area contributed by atoms with E-state index in [1.807, 2.05) is 11.8 Å². The standard InChI is InChI=1S/C24H31N3O2S.122H2/c1-18-8-9-22-20(16-18)25-23(19-6-4-5-7-21(19)30-22)27-11-10-26(17-24(27,2)3)12-14-29-15-13-28;;;;;;;;;;;;;;;;;;;;;;;;;;;;;;;;;;;;;;;;;;;;;;;;;;;;;;;;;;;;;;;;;;;;;;;;;;;;;;;;;;;;;;;;;;;;;;;;;;;;;;;;;;;;;;;;;;;;;;;;;;/h4-9,16,28H,10-15,17H2,1-3H3;122*1H. The van der Waals surface area contributed by atoms with Gasteiger partial charge in [0.1, 0.15) is 5.84 Å². The van der Waals surface area contributed by atoms with Crippen LogP contribution in [0.1, 0.15) is 199 Å². The molecule has 0 spiro atoms. The molecule has 0 unspecified atom stereocenters. The minimum absolute atomic E-state index is 0. The molecule has 0 bridgehead atoms. The number of benzene rings is 2. The molecule has 2 aliphatic rings. The number of aliphatic hydroxyl groups excluding tert-OH is 1. The third kappa shape index (κ3) is 4.57. The first-order valence-corrected chi connectivity index (χ1v) is 11.4. The lowest BCUT2D eigenvalue weighted by Gasteiger charge is -2.48. The summed E-state index contributed by atoms with van der Waals surface area (Å²) in [6, 6.07) is 15.2. The van der Waals surface area contributed by atoms with Crippen LogP contribution in [0.4, 0.5) is 5.69 Å². The molecule has 0 aliphatic carbocycles. The number of hydrogen-bond acceptors (Lipinski definition) is 6. The molecular weight excluding hydrogens is 394 g/mol. The first kappa shape index (κ1) is 21.4. The average Bonchev–Trinajstić information content (AvgIpc) is 2.87. The first-order valence-electron chi connectivity index (χ1n) is 10.6. The Morgan fingerprint density at radius 3 is 2.77 bits per heavy atom. The SMILES string of the molecule is Cc1ccc2c(c1)N=C(N1CCN(CCOCCO)CC1(C)C)c1ccccc1S2.[HH].[HH].[HH].[HH].[HH].[HH].[HH].[HH].[HH].[HH].[HH].[HH].[HH].[HH].[HH].[HH].[HH].[HH].[HH].[HH].[HH].[HH].[HH].[HH].[HH].[HH].[HH].[HH].[HH].[HH].[HH].[HH].[HH].[HH].[HH].[HH].[HH].[HH].[HH].[HH].[HH].[HH].[HH].[HH].[HH].[HH].[HH].[HH].[HH].[HH].[HH].[HH].[HH].[HH].[HH].[HH].[HH].[HH].[HH].[HH].[HH].[HH].[HH].[HH].[HH].[HH].[HH].[HH].[HH].[HH].[HH].[HH].[HH].[HH].[HH].[HH].[HH].[HH].[HH].[HH].[HH].[HH].[HH].[HH].[HH].[HH].[HH].[HH].[HH].[HH].[HH].[HH].[HH].[HH].[HH].[HH].[HH].[HH].[HH].[HH].[HH].[HH].[HH].[HH].[HH].[HH].[HH].[HH].[HH].[HH].[HH].[HH].[HH].[HH].[HH].[HH].[HH].[HH].[HH].[HH].[HH].[HH]. The number of nitrogens with zero attached hydrogens (tertiary/aromatic N) is 3. The molecule has 2 aromatic carbocycles. The fourth-order valence-electron chi connectivity index (χ4n) is 4.24. The van der Waals surface area contributed by atoms with Crippen LogP contribution < -0.4 is 0 Å². The third-order valence-electron chi connectivity index (χ3n) is 5.71. The number of rotatable bonds is 5. The van der Waals surface area contributed by atoms with Gasteiger partial charge in [0, 0.05) is 221 Å². The summed E-state index contributed by atoms with van der Waals surface area (Å²) in [4.78, 5) is 12.6. The number of aliphatic hydroxyl groups is 1. The number of aryl methyl sites for hydroxylation is 1. The highest BCUT2D eigenvalue weighted by Crippen LogP contribution is 2.42. The Hall–Kier alpha value is -1.86. The summed E-state index contributed by atoms with van der Waals surface area (Å²) in [5.41, 5.74) is 3.45. The van der Waals surface area contributed by atoms with Crippen LogP contribution in [0.5, 0.6) is 0 Å². The summed E-state index contributed by atoms with van der Waals surface area (Å²) in [5, 5.41) is 8.90. The molecule has 0 aromatic heterocycles. The predicted molar refractivity (Wildman–Crippen MR) is 381 cm³/mol. The van der Waals surface area contributed by atoms with E-state index in [2.05, 4.69) is 73.0 Å². The Labute approximate surface area is 364 Å². The fourth-order valence-corrected chi connectivity index (χ4v) is 5.24. The molecule has 6 heteroatoms. The molecule has 0 amide bonds. The second kappa shape index (κ2) is 9.10. The Bertz CT molecular complexity index is 1040. The zero-order valence-electron chi connectivity index (χ0n) is 18.1. The summed E-state index contributed by atoms with van der Waals surface area (Å²) < 4.78 is 5.48. The van der Waals surface area contributed by atoms with Crippen molar-refractivity contribution in [2.45, 2.75) is 36.1 Å². The minimum Gasteiger partial charge on any atom is -0.394 e. The van der Waals surface area contributed by atoms with E-state index < -0.39 is 0 Å². The summed E-state index contributed by atoms with van der Waals surface area (Å²) >= 11 is 1.81. The molecule has 404 valence electrons. The monoisotopic (exact) mass is 671 g/mol. The Balaban J connectivity index is -0.000000000763. The zero-order chi connectivity index (χ0) is 21.1. The van der Waals surface area contributed by atoms with Gasteiger partial charge >= 0.3 is 0 Å². The van der Waals surface area contributed by atoms with Crippen LogP contribution in [0.3, 0.4) is 0 Å². The zero-order valence-corrected chi connectivity index (χ0v) is 18.9. The van der Waals surface area contributed by atoms with Crippen molar-refractivity contribution in [3.63, 3.8) is 0 Å². The van der Waals surface area contributed by atoms with Crippen LogP contribution in [-0.2, 0) is 4.74 Å². The molecule has 30 heavy (non-hydrogen) atoms. The van der Waals surface area contributed by atoms with Crippen LogP contribution >= 0.6 is 11.8 Å². The number of ether oxygens (including phenoxy) is 1. The molecule has 5 nitrogen and oxygen atoms in total. The van der Waals surface area contributed by atoms with Crippen molar-refractivity contribution in [2.24, 2.45) is 4.99 Å². The lowest BCUT2D eigenvalue weighted by molar-refractivity contribution is 0.0340. The third-order valence-corrected chi connectivity index (χ3v) is 6.85. The maximum Gasteiger partial charge on any atom is 0.138 e. The largest absolute Gasteiger partial charge is 0.394 e. The normalized spacial score (nSPS) is 18.4. The lowest BCUT2D eigenvalue weighted by atomic mass is 9.97. The Kier molecular flexibility index (Phi) is 6.48. The van der Waals surface area contributed by atoms with Gasteiger partial charge in [-0.05, 0) is 44.5 Å². The van der Waals surface area contributed by atoms with Gasteiger partial charge in [-0.25, -0.2) is 4.99 Å². The van der Waals surface area contributed by atoms with Crippen molar-refractivity contribution in [3.05, 3.63) is 53.6 Å². The van der Waals surface area contributed by atoms with Crippen molar-refractivity contribution >= 4 is 23.3 Å². The fraction of sp³-hybridized carbons (Fsp3) is 0.458. The maximum atomic E-state index is 8.90. The first-order chi connectivity index (χ1) is 14.5. The van der Waals surface area contributed by atoms with Crippen LogP contribution in [-0.4, -0.2) is 72.3 Å². The van der Waals surface area contributed by atoms with Gasteiger partial charge in [-0.15, -0.1) is 0 Å². The highest BCUT2D eigenvalue weighted by Gasteiger charge is 2.37. The maximum absolute atomic E-state index is 8.90. The minimum atomic E-state index is -0.0554. The molecule has 4 rings (SSSR count). The van der Waals surface area contributed by atoms with Gasteiger partial charge in [-0.1, -0.05) is 36.0 Å². The van der Waals surface area contributed by atoms with E-state index in [1.165, 1.54) is 20.9 Å². The van der Waals surface area contributed by atoms with Gasteiger partial charge in [0.05, 0.1) is 25.5 Å². The van der Waals surface area contributed by atoms with Crippen LogP contribution in [0, 0.1) is 6.92 Å². The van der Waals surface area contributed by atoms with Crippen LogP contribution in [0.15, 0.2) is 57.2 Å². The smallest absolute Gasteiger partial charge is 0.138 e. The topological polar surface area (TPSA) is 48.3 Å². The Morgan fingerprint density at radius 2 is 1.97 bits per heavy atom. The summed E-state index contributed by atoms with van der Waals surface area (Å²) in [6.07, 6.45) is 0. The molecule has 0 radical (unpaired) electrons. The van der Waals surface area contributed by atoms with Crippen molar-refractivity contribution in [3.8, 4) is 0 Å². The quantitative estimate of drug-likeness (QED) is 0.321. The summed E-state index contributed by atoms with van der Waals surface area (Å²) in [5.74, 6) is 1.07. The molecule has 1 fully saturated rings. The number of aliphatic imine (C=N–C) groups is 1. The van der Waals surface area contributed by atoms with E-state index in [0.29, 0.717) is 13.2 Å². The van der Waals surface area contributed by atoms with E-state index in [0.717, 1.165) is 37.7 Å². The number of hydrogen-bond donors (Lipinski definition) is 1. The highest BCUT2D eigenvalue weighted by atomic mass is 32.2. The van der Waals surface area contributed by atoms with Gasteiger partial charge in [0.25, 0.3) is 0 Å². The van der Waals surface area contributed by atoms with Gasteiger partial charge in [-0.3, -0.25) is 4.90 Å². The second-order valence-corrected chi connectivity index (χ2v) is 9.66. The predicted octanol–water partition coefficient (Wildman–Crippen LogP) is 34.0. The second-order valence-electron chi connectivity index (χ2n) is 8.58. The molecule has 0 saturated carbocycles. The van der Waals surface area contributed by atoms with E-state index >= 15 is 0 Å². The molecule has 2 heterocycles. The van der Waals surface area contributed by atoms with Crippen molar-refractivity contribution in [1.29, 1.82) is 0 Å². The molecule has 2 aliphatic heterocycles. The van der Waals surface area contributed by atoms with E-state index in [-0.39, 0.29) is 186 Å². The molecule has 2 aromatic rings. The summed E-state index contributed by atoms with van der Waals surface area (Å²) in [7, 11) is 0. The Morgan fingerprint density at radius 1 is 1.13 bits per heavy atom. The van der Waals surface area contributed by atoms with Crippen LogP contribution in [0.2, 0.25) is 0 Å². The van der Waals surface area contributed by atoms with E-state index in [9.17, 15) is 0 Å². The average molecular weight is 672 g/mol. The molecule has 1 saturated heterocycles. The number of piperazine rings is 1. The van der Waals surface area contributed by atoms with E-state index in [4.69, 9.17) is 14.8 Å². The van der Waals surface area contributed by atoms with Gasteiger partial charge in [0.2, 0.25) is 0 Å². The van der Waals surface area contributed by atoms with E-state index in [1.54, 1.807) is 0 Å². The lowest BCUT2D eigenvalue weighted by Crippen LogP contribution is -2.61. The van der Waals surface area contributed by atoms with Crippen molar-refractivity contribution < 1.29 is 184 Å². The van der Waals surface area contributed by atoms with Crippen molar-refractivity contribution in [2.75, 3.05) is 46.0 Å². The van der Waals surface area contributed by atoms with Crippen molar-refractivity contribution in [1.82, 2.24) is 9.80 Å². The molecule has 0 atom stereocenters. The van der Waals surface area contributed by atoms with Gasteiger partial charge < -0.3 is 14.7 Å². The highest BCUT2D eigenvalue weighted by molar-refractivity contribution is 7.99. The van der Waals surface area contributed by atoms with Gasteiger partial charge in [0.15, 0.2) is 0 Å². The molecule has 1 N–H and O–H groups in total. The van der Waals surface area contributed by atoms with Crippen LogP contribution in [0.25, 0.3) is 0 Å².